The number of amides is 2. The van der Waals surface area contributed by atoms with Gasteiger partial charge in [-0.3, -0.25) is 19.5 Å². The summed E-state index contributed by atoms with van der Waals surface area (Å²) in [6.07, 6.45) is 4.23. The molecule has 1 aliphatic heterocycles. The Morgan fingerprint density at radius 1 is 1.41 bits per heavy atom. The van der Waals surface area contributed by atoms with Crippen molar-refractivity contribution in [1.29, 1.82) is 0 Å². The molecule has 1 aliphatic rings. The van der Waals surface area contributed by atoms with Gasteiger partial charge in [-0.15, -0.1) is 10.2 Å². The number of aromatic nitrogens is 3. The Kier molecular flexibility index (Phi) is 6.12. The Bertz CT molecular complexity index is 778. The largest absolute Gasteiger partial charge is 0.423 e. The second-order valence-corrected chi connectivity index (χ2v) is 6.54. The maximum atomic E-state index is 12.7. The van der Waals surface area contributed by atoms with E-state index >= 15 is 0 Å². The quantitative estimate of drug-likeness (QED) is 0.749. The molecule has 9 heteroatoms. The zero-order valence-corrected chi connectivity index (χ0v) is 15.6. The fourth-order valence-corrected chi connectivity index (χ4v) is 3.01. The zero-order valence-electron chi connectivity index (χ0n) is 15.6. The third kappa shape index (κ3) is 4.88. The number of aryl methyl sites for hydroxylation is 1. The summed E-state index contributed by atoms with van der Waals surface area (Å²) in [5.41, 5.74) is 1.01. The van der Waals surface area contributed by atoms with Crippen LogP contribution in [0, 0.1) is 0 Å². The van der Waals surface area contributed by atoms with Crippen LogP contribution >= 0.6 is 0 Å². The molecule has 0 saturated carbocycles. The molecule has 2 amide bonds. The van der Waals surface area contributed by atoms with Gasteiger partial charge in [0.1, 0.15) is 0 Å². The minimum Gasteiger partial charge on any atom is -0.423 e. The first-order chi connectivity index (χ1) is 13.1. The molecule has 0 aromatic carbocycles. The highest BCUT2D eigenvalue weighted by Gasteiger charge is 2.32. The van der Waals surface area contributed by atoms with E-state index in [1.54, 1.807) is 19.4 Å². The summed E-state index contributed by atoms with van der Waals surface area (Å²) in [7, 11) is 1.67. The molecule has 144 valence electrons. The monoisotopic (exact) mass is 372 g/mol. The van der Waals surface area contributed by atoms with Gasteiger partial charge in [0.25, 0.3) is 0 Å². The SMILES string of the molecule is CCc1nnc(CN(C)C(=O)CC2C(=O)NCCN2Cc2cccnc2)o1. The number of piperazine rings is 1. The number of rotatable bonds is 7. The number of hydrogen-bond donors (Lipinski definition) is 1. The van der Waals surface area contributed by atoms with Crippen LogP contribution in [0.3, 0.4) is 0 Å². The summed E-state index contributed by atoms with van der Waals surface area (Å²) in [5, 5.41) is 10.7. The van der Waals surface area contributed by atoms with Crippen molar-refractivity contribution >= 4 is 11.8 Å². The first kappa shape index (κ1) is 19.0. The normalized spacial score (nSPS) is 17.6. The van der Waals surface area contributed by atoms with E-state index in [2.05, 4.69) is 20.5 Å². The van der Waals surface area contributed by atoms with Crippen LogP contribution in [0.25, 0.3) is 0 Å². The minimum absolute atomic E-state index is 0.0946. The minimum atomic E-state index is -0.511. The molecule has 3 heterocycles. The molecule has 3 rings (SSSR count). The molecule has 0 spiro atoms. The van der Waals surface area contributed by atoms with Crippen molar-refractivity contribution in [3.63, 3.8) is 0 Å². The molecule has 9 nitrogen and oxygen atoms in total. The topological polar surface area (TPSA) is 104 Å². The summed E-state index contributed by atoms with van der Waals surface area (Å²) >= 11 is 0. The number of nitrogens with zero attached hydrogens (tertiary/aromatic N) is 5. The number of hydrogen-bond acceptors (Lipinski definition) is 7. The van der Waals surface area contributed by atoms with Gasteiger partial charge in [0.15, 0.2) is 0 Å². The van der Waals surface area contributed by atoms with Crippen LogP contribution in [-0.4, -0.2) is 63.0 Å². The molecule has 27 heavy (non-hydrogen) atoms. The molecule has 1 fully saturated rings. The van der Waals surface area contributed by atoms with E-state index in [0.29, 0.717) is 37.8 Å². The first-order valence-electron chi connectivity index (χ1n) is 9.02. The van der Waals surface area contributed by atoms with E-state index in [4.69, 9.17) is 4.42 Å². The Hall–Kier alpha value is -2.81. The predicted octanol–water partition coefficient (Wildman–Crippen LogP) is 0.376. The lowest BCUT2D eigenvalue weighted by Gasteiger charge is -2.35. The van der Waals surface area contributed by atoms with E-state index in [9.17, 15) is 9.59 Å². The van der Waals surface area contributed by atoms with Crippen molar-refractivity contribution < 1.29 is 14.0 Å². The molecule has 2 aromatic heterocycles. The molecule has 0 aliphatic carbocycles. The van der Waals surface area contributed by atoms with Gasteiger partial charge in [0.05, 0.1) is 19.0 Å². The summed E-state index contributed by atoms with van der Waals surface area (Å²) in [5.74, 6) is 0.658. The fraction of sp³-hybridized carbons (Fsp3) is 0.500. The Morgan fingerprint density at radius 3 is 2.93 bits per heavy atom. The third-order valence-corrected chi connectivity index (χ3v) is 4.53. The molecule has 2 aromatic rings. The molecule has 0 bridgehead atoms. The van der Waals surface area contributed by atoms with E-state index in [1.807, 2.05) is 24.0 Å². The van der Waals surface area contributed by atoms with Gasteiger partial charge in [0.2, 0.25) is 23.6 Å². The molecular formula is C18H24N6O3. The number of carbonyl (C=O) groups is 2. The highest BCUT2D eigenvalue weighted by atomic mass is 16.4. The number of pyridine rings is 1. The second-order valence-electron chi connectivity index (χ2n) is 6.54. The van der Waals surface area contributed by atoms with E-state index in [-0.39, 0.29) is 24.8 Å². The number of carbonyl (C=O) groups excluding carboxylic acids is 2. The first-order valence-corrected chi connectivity index (χ1v) is 9.02. The van der Waals surface area contributed by atoms with E-state index in [1.165, 1.54) is 4.90 Å². The summed E-state index contributed by atoms with van der Waals surface area (Å²) in [4.78, 5) is 32.7. The van der Waals surface area contributed by atoms with Gasteiger partial charge in [-0.25, -0.2) is 0 Å². The maximum absolute atomic E-state index is 12.7. The highest BCUT2D eigenvalue weighted by Crippen LogP contribution is 2.15. The summed E-state index contributed by atoms with van der Waals surface area (Å²) in [6.45, 7) is 3.98. The van der Waals surface area contributed by atoms with Gasteiger partial charge in [-0.1, -0.05) is 13.0 Å². The second kappa shape index (κ2) is 8.72. The van der Waals surface area contributed by atoms with Crippen LogP contribution < -0.4 is 5.32 Å². The molecular weight excluding hydrogens is 348 g/mol. The van der Waals surface area contributed by atoms with Crippen molar-refractivity contribution in [2.45, 2.75) is 38.9 Å². The Balaban J connectivity index is 1.62. The average Bonchev–Trinajstić information content (AvgIpc) is 3.13. The summed E-state index contributed by atoms with van der Waals surface area (Å²) in [6, 6.07) is 3.32. The third-order valence-electron chi connectivity index (χ3n) is 4.53. The zero-order chi connectivity index (χ0) is 19.2. The van der Waals surface area contributed by atoms with Gasteiger partial charge in [-0.05, 0) is 11.6 Å². The molecule has 0 radical (unpaired) electrons. The fourth-order valence-electron chi connectivity index (χ4n) is 3.01. The predicted molar refractivity (Wildman–Crippen MR) is 96.2 cm³/mol. The molecule has 1 N–H and O–H groups in total. The number of nitrogens with one attached hydrogen (secondary N) is 1. The van der Waals surface area contributed by atoms with Crippen molar-refractivity contribution in [2.75, 3.05) is 20.1 Å². The van der Waals surface area contributed by atoms with Crippen molar-refractivity contribution in [3.8, 4) is 0 Å². The maximum Gasteiger partial charge on any atom is 0.237 e. The van der Waals surface area contributed by atoms with Gasteiger partial charge >= 0.3 is 0 Å². The Labute approximate surface area is 157 Å². The van der Waals surface area contributed by atoms with Gasteiger partial charge in [0, 0.05) is 45.5 Å². The van der Waals surface area contributed by atoms with E-state index < -0.39 is 6.04 Å². The lowest BCUT2D eigenvalue weighted by molar-refractivity contribution is -0.138. The van der Waals surface area contributed by atoms with Crippen LogP contribution in [0.15, 0.2) is 28.9 Å². The average molecular weight is 372 g/mol. The van der Waals surface area contributed by atoms with Gasteiger partial charge < -0.3 is 14.6 Å². The lowest BCUT2D eigenvalue weighted by atomic mass is 10.1. The Morgan fingerprint density at radius 2 is 2.22 bits per heavy atom. The molecule has 1 atom stereocenters. The van der Waals surface area contributed by atoms with Crippen molar-refractivity contribution in [3.05, 3.63) is 41.9 Å². The smallest absolute Gasteiger partial charge is 0.237 e. The van der Waals surface area contributed by atoms with Crippen LogP contribution in [0.5, 0.6) is 0 Å². The standard InChI is InChI=1S/C18H24N6O3/c1-3-15-21-22-16(27-15)12-23(2)17(25)9-14-18(26)20-7-8-24(14)11-13-5-4-6-19-10-13/h4-6,10,14H,3,7-9,11-12H2,1-2H3,(H,20,26). The lowest BCUT2D eigenvalue weighted by Crippen LogP contribution is -2.56. The van der Waals surface area contributed by atoms with Gasteiger partial charge in [-0.2, -0.15) is 0 Å². The van der Waals surface area contributed by atoms with Crippen LogP contribution in [-0.2, 0) is 29.1 Å². The molecule has 1 saturated heterocycles. The van der Waals surface area contributed by atoms with Crippen LogP contribution in [0.2, 0.25) is 0 Å². The van der Waals surface area contributed by atoms with Crippen molar-refractivity contribution in [1.82, 2.24) is 30.3 Å². The van der Waals surface area contributed by atoms with Crippen LogP contribution in [0.1, 0.15) is 30.7 Å². The van der Waals surface area contributed by atoms with Crippen LogP contribution in [0.4, 0.5) is 0 Å². The van der Waals surface area contributed by atoms with Crippen molar-refractivity contribution in [2.24, 2.45) is 0 Å². The van der Waals surface area contributed by atoms with E-state index in [0.717, 1.165) is 5.56 Å². The molecule has 1 unspecified atom stereocenters. The highest BCUT2D eigenvalue weighted by molar-refractivity contribution is 5.88. The summed E-state index contributed by atoms with van der Waals surface area (Å²) < 4.78 is 5.45.